The van der Waals surface area contributed by atoms with E-state index in [1.54, 1.807) is 0 Å². The fraction of sp³-hybridized carbons (Fsp3) is 0.360. The standard InChI is InChI=1S/C25H28Cl2N4O/c1-17-18(2)25(32)29-24-20(17)11-10-19(28-24)7-4-3-5-12-30-13-15-31(16-14-30)22-9-6-8-21(26)23(22)27/h4,6-11H,3,5,12-16H2,1-2H3,(H,28,29,32). The van der Waals surface area contributed by atoms with E-state index in [9.17, 15) is 4.79 Å². The van der Waals surface area contributed by atoms with E-state index in [2.05, 4.69) is 25.8 Å². The van der Waals surface area contributed by atoms with Crippen molar-refractivity contribution in [3.05, 3.63) is 73.6 Å². The number of unbranched alkanes of at least 4 members (excludes halogenated alkanes) is 1. The predicted octanol–water partition coefficient (Wildman–Crippen LogP) is 5.46. The number of aromatic amines is 1. The van der Waals surface area contributed by atoms with Crippen LogP contribution in [0.3, 0.4) is 0 Å². The number of hydrogen-bond donors (Lipinski definition) is 1. The summed E-state index contributed by atoms with van der Waals surface area (Å²) in [6.07, 6.45) is 6.28. The zero-order valence-corrected chi connectivity index (χ0v) is 20.0. The summed E-state index contributed by atoms with van der Waals surface area (Å²) in [6.45, 7) is 8.82. The van der Waals surface area contributed by atoms with Gasteiger partial charge in [-0.05, 0) is 69.1 Å². The molecular weight excluding hydrogens is 443 g/mol. The van der Waals surface area contributed by atoms with Gasteiger partial charge in [0.15, 0.2) is 0 Å². The lowest BCUT2D eigenvalue weighted by atomic mass is 10.1. The molecule has 0 radical (unpaired) electrons. The van der Waals surface area contributed by atoms with Crippen molar-refractivity contribution in [1.29, 1.82) is 0 Å². The highest BCUT2D eigenvalue weighted by atomic mass is 35.5. The Morgan fingerprint density at radius 3 is 2.62 bits per heavy atom. The molecule has 168 valence electrons. The van der Waals surface area contributed by atoms with E-state index in [4.69, 9.17) is 23.2 Å². The van der Waals surface area contributed by atoms with Gasteiger partial charge in [-0.1, -0.05) is 35.3 Å². The molecule has 0 saturated carbocycles. The van der Waals surface area contributed by atoms with Gasteiger partial charge in [-0.2, -0.15) is 0 Å². The summed E-state index contributed by atoms with van der Waals surface area (Å²) in [5, 5.41) is 2.25. The van der Waals surface area contributed by atoms with Gasteiger partial charge in [-0.15, -0.1) is 0 Å². The number of aromatic nitrogens is 2. The van der Waals surface area contributed by atoms with E-state index in [0.29, 0.717) is 15.7 Å². The highest BCUT2D eigenvalue weighted by Crippen LogP contribution is 2.32. The number of nitrogens with zero attached hydrogens (tertiary/aromatic N) is 3. The average Bonchev–Trinajstić information content (AvgIpc) is 2.79. The van der Waals surface area contributed by atoms with Gasteiger partial charge in [-0.25, -0.2) is 4.98 Å². The van der Waals surface area contributed by atoms with E-state index < -0.39 is 0 Å². The molecule has 1 aliphatic heterocycles. The van der Waals surface area contributed by atoms with Crippen molar-refractivity contribution in [1.82, 2.24) is 14.9 Å². The summed E-state index contributed by atoms with van der Waals surface area (Å²) < 4.78 is 0. The molecule has 1 aliphatic rings. The van der Waals surface area contributed by atoms with Gasteiger partial charge in [0.2, 0.25) is 0 Å². The number of benzene rings is 1. The second-order valence-corrected chi connectivity index (χ2v) is 9.07. The lowest BCUT2D eigenvalue weighted by molar-refractivity contribution is 0.255. The Morgan fingerprint density at radius 2 is 1.84 bits per heavy atom. The maximum atomic E-state index is 12.0. The monoisotopic (exact) mass is 470 g/mol. The molecule has 3 aromatic rings. The summed E-state index contributed by atoms with van der Waals surface area (Å²) >= 11 is 12.5. The lowest BCUT2D eigenvalue weighted by Gasteiger charge is -2.36. The second-order valence-electron chi connectivity index (χ2n) is 8.28. The van der Waals surface area contributed by atoms with Crippen molar-refractivity contribution in [3.8, 4) is 0 Å². The first kappa shape index (κ1) is 22.8. The van der Waals surface area contributed by atoms with Crippen LogP contribution in [0.2, 0.25) is 10.0 Å². The number of fused-ring (bicyclic) bond motifs is 1. The number of piperazine rings is 1. The zero-order chi connectivity index (χ0) is 22.7. The molecule has 0 atom stereocenters. The van der Waals surface area contributed by atoms with E-state index in [1.165, 1.54) is 0 Å². The van der Waals surface area contributed by atoms with Crippen molar-refractivity contribution in [2.45, 2.75) is 26.7 Å². The van der Waals surface area contributed by atoms with E-state index in [-0.39, 0.29) is 5.56 Å². The fourth-order valence-corrected chi connectivity index (χ4v) is 4.54. The van der Waals surface area contributed by atoms with E-state index in [1.807, 2.05) is 50.3 Å². The van der Waals surface area contributed by atoms with Crippen LogP contribution in [-0.4, -0.2) is 47.6 Å². The molecule has 32 heavy (non-hydrogen) atoms. The maximum Gasteiger partial charge on any atom is 0.252 e. The van der Waals surface area contributed by atoms with Crippen molar-refractivity contribution in [3.63, 3.8) is 0 Å². The third kappa shape index (κ3) is 5.01. The minimum Gasteiger partial charge on any atom is -0.368 e. The molecule has 0 unspecified atom stereocenters. The summed E-state index contributed by atoms with van der Waals surface area (Å²) in [6, 6.07) is 9.85. The SMILES string of the molecule is Cc1c(C)c2ccc(C=CCCCN3CCN(c4cccc(Cl)c4Cl)CC3)nc2[nH]c1=O. The van der Waals surface area contributed by atoms with Crippen molar-refractivity contribution in [2.24, 2.45) is 0 Å². The van der Waals surface area contributed by atoms with Gasteiger partial charge in [0.25, 0.3) is 5.56 Å². The Kier molecular flexibility index (Phi) is 7.19. The van der Waals surface area contributed by atoms with Crippen LogP contribution in [0, 0.1) is 13.8 Å². The van der Waals surface area contributed by atoms with E-state index in [0.717, 1.165) is 73.5 Å². The van der Waals surface area contributed by atoms with Gasteiger partial charge in [0.05, 0.1) is 21.4 Å². The van der Waals surface area contributed by atoms with Crippen LogP contribution < -0.4 is 10.5 Å². The molecule has 0 aliphatic carbocycles. The molecule has 5 nitrogen and oxygen atoms in total. The molecule has 0 spiro atoms. The number of aryl methyl sites for hydroxylation is 1. The van der Waals surface area contributed by atoms with Crippen LogP contribution in [0.25, 0.3) is 17.1 Å². The van der Waals surface area contributed by atoms with Crippen LogP contribution in [-0.2, 0) is 0 Å². The van der Waals surface area contributed by atoms with Crippen LogP contribution in [0.4, 0.5) is 5.69 Å². The quantitative estimate of drug-likeness (QED) is 0.485. The predicted molar refractivity (Wildman–Crippen MR) is 135 cm³/mol. The normalized spacial score (nSPS) is 15.2. The molecule has 4 rings (SSSR count). The molecule has 0 amide bonds. The molecule has 3 heterocycles. The molecular formula is C25H28Cl2N4O. The smallest absolute Gasteiger partial charge is 0.252 e. The first-order chi connectivity index (χ1) is 15.4. The highest BCUT2D eigenvalue weighted by Gasteiger charge is 2.19. The topological polar surface area (TPSA) is 52.2 Å². The number of anilines is 1. The molecule has 1 N–H and O–H groups in total. The number of H-pyrrole nitrogens is 1. The number of hydrogen-bond acceptors (Lipinski definition) is 4. The van der Waals surface area contributed by atoms with Crippen molar-refractivity contribution >= 4 is 46.0 Å². The fourth-order valence-electron chi connectivity index (χ4n) is 4.12. The first-order valence-corrected chi connectivity index (χ1v) is 11.8. The minimum atomic E-state index is -0.0682. The minimum absolute atomic E-state index is 0.0682. The summed E-state index contributed by atoms with van der Waals surface area (Å²) in [4.78, 5) is 24.3. The molecule has 2 aromatic heterocycles. The third-order valence-corrected chi connectivity index (χ3v) is 7.04. The largest absolute Gasteiger partial charge is 0.368 e. The Balaban J connectivity index is 1.26. The highest BCUT2D eigenvalue weighted by molar-refractivity contribution is 6.43. The number of halogens is 2. The number of nitrogens with one attached hydrogen (secondary N) is 1. The maximum absolute atomic E-state index is 12.0. The van der Waals surface area contributed by atoms with Gasteiger partial charge < -0.3 is 9.88 Å². The first-order valence-electron chi connectivity index (χ1n) is 11.0. The third-order valence-electron chi connectivity index (χ3n) is 6.23. The van der Waals surface area contributed by atoms with Crippen LogP contribution in [0.15, 0.2) is 41.2 Å². The van der Waals surface area contributed by atoms with Crippen molar-refractivity contribution in [2.75, 3.05) is 37.6 Å². The Labute approximate surface area is 198 Å². The summed E-state index contributed by atoms with van der Waals surface area (Å²) in [5.41, 5.74) is 4.21. The Morgan fingerprint density at radius 1 is 1.06 bits per heavy atom. The number of pyridine rings is 2. The average molecular weight is 471 g/mol. The van der Waals surface area contributed by atoms with Gasteiger partial charge >= 0.3 is 0 Å². The molecule has 1 fully saturated rings. The second kappa shape index (κ2) is 10.1. The van der Waals surface area contributed by atoms with Gasteiger partial charge in [0.1, 0.15) is 5.65 Å². The number of rotatable bonds is 6. The molecule has 0 bridgehead atoms. The molecule has 1 aromatic carbocycles. The summed E-state index contributed by atoms with van der Waals surface area (Å²) in [7, 11) is 0. The molecule has 7 heteroatoms. The lowest BCUT2D eigenvalue weighted by Crippen LogP contribution is -2.46. The van der Waals surface area contributed by atoms with Crippen LogP contribution >= 0.6 is 23.2 Å². The van der Waals surface area contributed by atoms with Crippen molar-refractivity contribution < 1.29 is 0 Å². The Bertz CT molecular complexity index is 1200. The molecule has 1 saturated heterocycles. The Hall–Kier alpha value is -2.34. The number of allylic oxidation sites excluding steroid dienone is 1. The van der Waals surface area contributed by atoms with Gasteiger partial charge in [-0.3, -0.25) is 9.69 Å². The van der Waals surface area contributed by atoms with Crippen LogP contribution in [0.5, 0.6) is 0 Å². The van der Waals surface area contributed by atoms with Gasteiger partial charge in [0, 0.05) is 37.1 Å². The van der Waals surface area contributed by atoms with Crippen LogP contribution in [0.1, 0.15) is 29.7 Å². The zero-order valence-electron chi connectivity index (χ0n) is 18.5. The summed E-state index contributed by atoms with van der Waals surface area (Å²) in [5.74, 6) is 0. The van der Waals surface area contributed by atoms with E-state index >= 15 is 0 Å².